The van der Waals surface area contributed by atoms with Gasteiger partial charge in [0.05, 0.1) is 0 Å². The molecule has 0 aliphatic rings. The molecule has 1 aromatic heterocycles. The van der Waals surface area contributed by atoms with Gasteiger partial charge in [-0.1, -0.05) is 0 Å². The molecule has 0 unspecified atom stereocenters. The number of aryl methyl sites for hydroxylation is 2. The third-order valence-corrected chi connectivity index (χ3v) is 3.91. The fourth-order valence-corrected chi connectivity index (χ4v) is 2.59. The van der Waals surface area contributed by atoms with Crippen molar-refractivity contribution in [2.45, 2.75) is 11.9 Å². The molecule has 0 radical (unpaired) electrons. The first-order chi connectivity index (χ1) is 8.92. The topological polar surface area (TPSA) is 81.1 Å². The van der Waals surface area contributed by atoms with Gasteiger partial charge in [0.1, 0.15) is 12.1 Å². The molecule has 6 nitrogen and oxygen atoms in total. The Morgan fingerprint density at radius 1 is 1.26 bits per heavy atom. The fraction of sp³-hybridized carbons (Fsp3) is 0.167. The van der Waals surface area contributed by atoms with Crippen LogP contribution in [0, 0.1) is 6.92 Å². The summed E-state index contributed by atoms with van der Waals surface area (Å²) in [5, 5.41) is -0.0352. The van der Waals surface area contributed by atoms with Crippen molar-refractivity contribution in [3.8, 4) is 0 Å². The van der Waals surface area contributed by atoms with E-state index in [1.165, 1.54) is 30.5 Å². The second-order valence-corrected chi connectivity index (χ2v) is 5.71. The lowest BCUT2D eigenvalue weighted by molar-refractivity contribution is 0.112. The highest BCUT2D eigenvalue weighted by molar-refractivity contribution is 7.92. The molecule has 2 rings (SSSR count). The van der Waals surface area contributed by atoms with Gasteiger partial charge in [0.2, 0.25) is 0 Å². The number of anilines is 1. The van der Waals surface area contributed by atoms with Gasteiger partial charge < -0.3 is 4.57 Å². The second kappa shape index (κ2) is 4.85. The normalized spacial score (nSPS) is 11.3. The summed E-state index contributed by atoms with van der Waals surface area (Å²) in [6.45, 7) is 1.72. The van der Waals surface area contributed by atoms with Crippen molar-refractivity contribution in [3.63, 3.8) is 0 Å². The molecule has 0 aliphatic heterocycles. The summed E-state index contributed by atoms with van der Waals surface area (Å²) in [7, 11) is -1.98. The minimum absolute atomic E-state index is 0.0352. The van der Waals surface area contributed by atoms with E-state index in [4.69, 9.17) is 0 Å². The lowest BCUT2D eigenvalue weighted by Crippen LogP contribution is -2.13. The van der Waals surface area contributed by atoms with Crippen molar-refractivity contribution in [3.05, 3.63) is 41.9 Å². The molecule has 0 fully saturated rings. The van der Waals surface area contributed by atoms with Crippen molar-refractivity contribution >= 4 is 22.0 Å². The van der Waals surface area contributed by atoms with Gasteiger partial charge >= 0.3 is 0 Å². The SMILES string of the molecule is Cc1nc(S(=O)(=O)Nc2ccc(C=O)cc2)cn1C. The minimum atomic E-state index is -3.70. The smallest absolute Gasteiger partial charge is 0.280 e. The van der Waals surface area contributed by atoms with Crippen LogP contribution in [0.2, 0.25) is 0 Å². The summed E-state index contributed by atoms with van der Waals surface area (Å²) in [4.78, 5) is 14.5. The number of aldehydes is 1. The number of hydrogen-bond donors (Lipinski definition) is 1. The molecule has 2 aromatic rings. The lowest BCUT2D eigenvalue weighted by Gasteiger charge is -2.05. The molecule has 0 atom stereocenters. The lowest BCUT2D eigenvalue weighted by atomic mass is 10.2. The van der Waals surface area contributed by atoms with Crippen molar-refractivity contribution in [1.29, 1.82) is 0 Å². The highest BCUT2D eigenvalue weighted by atomic mass is 32.2. The third kappa shape index (κ3) is 2.82. The first-order valence-corrected chi connectivity index (χ1v) is 6.99. The van der Waals surface area contributed by atoms with E-state index in [1.54, 1.807) is 18.5 Å². The van der Waals surface area contributed by atoms with Crippen LogP contribution in [-0.2, 0) is 17.1 Å². The monoisotopic (exact) mass is 279 g/mol. The van der Waals surface area contributed by atoms with Gasteiger partial charge in [-0.15, -0.1) is 0 Å². The van der Waals surface area contributed by atoms with E-state index in [0.29, 0.717) is 23.4 Å². The van der Waals surface area contributed by atoms with Gasteiger partial charge in [-0.25, -0.2) is 4.98 Å². The van der Waals surface area contributed by atoms with Crippen LogP contribution < -0.4 is 4.72 Å². The summed E-state index contributed by atoms with van der Waals surface area (Å²) < 4.78 is 28.2. The molecule has 19 heavy (non-hydrogen) atoms. The van der Waals surface area contributed by atoms with Crippen LogP contribution >= 0.6 is 0 Å². The van der Waals surface area contributed by atoms with Crippen molar-refractivity contribution in [2.24, 2.45) is 7.05 Å². The molecule has 100 valence electrons. The molecule has 0 amide bonds. The second-order valence-electron chi connectivity index (χ2n) is 4.08. The zero-order valence-corrected chi connectivity index (χ0v) is 11.3. The molecule has 1 aromatic carbocycles. The van der Waals surface area contributed by atoms with E-state index in [1.807, 2.05) is 0 Å². The highest BCUT2D eigenvalue weighted by Crippen LogP contribution is 2.15. The van der Waals surface area contributed by atoms with E-state index < -0.39 is 10.0 Å². The first kappa shape index (κ1) is 13.3. The van der Waals surface area contributed by atoms with Crippen LogP contribution in [0.5, 0.6) is 0 Å². The number of nitrogens with one attached hydrogen (secondary N) is 1. The van der Waals surface area contributed by atoms with Gasteiger partial charge in [-0.2, -0.15) is 8.42 Å². The largest absolute Gasteiger partial charge is 0.337 e. The van der Waals surface area contributed by atoms with E-state index in [9.17, 15) is 13.2 Å². The Bertz CT molecular complexity index is 683. The molecule has 7 heteroatoms. The molecule has 0 bridgehead atoms. The molecule has 1 heterocycles. The summed E-state index contributed by atoms with van der Waals surface area (Å²) >= 11 is 0. The third-order valence-electron chi connectivity index (χ3n) is 2.66. The van der Waals surface area contributed by atoms with Crippen molar-refractivity contribution in [2.75, 3.05) is 4.72 Å². The van der Waals surface area contributed by atoms with Crippen LogP contribution in [0.15, 0.2) is 35.5 Å². The number of hydrogen-bond acceptors (Lipinski definition) is 4. The molecule has 0 aliphatic carbocycles. The fourth-order valence-electron chi connectivity index (χ4n) is 1.49. The van der Waals surface area contributed by atoms with Gasteiger partial charge in [0, 0.05) is 24.5 Å². The quantitative estimate of drug-likeness (QED) is 0.856. The van der Waals surface area contributed by atoms with Crippen LogP contribution in [-0.4, -0.2) is 24.3 Å². The summed E-state index contributed by atoms with van der Waals surface area (Å²) in [6, 6.07) is 6.12. The molecule has 0 spiro atoms. The highest BCUT2D eigenvalue weighted by Gasteiger charge is 2.18. The molecule has 1 N–H and O–H groups in total. The van der Waals surface area contributed by atoms with Crippen molar-refractivity contribution < 1.29 is 13.2 Å². The van der Waals surface area contributed by atoms with E-state index >= 15 is 0 Å². The first-order valence-electron chi connectivity index (χ1n) is 5.50. The van der Waals surface area contributed by atoms with E-state index in [2.05, 4.69) is 9.71 Å². The number of benzene rings is 1. The van der Waals surface area contributed by atoms with Crippen molar-refractivity contribution in [1.82, 2.24) is 9.55 Å². The van der Waals surface area contributed by atoms with E-state index in [-0.39, 0.29) is 5.03 Å². The van der Waals surface area contributed by atoms with Gasteiger partial charge in [0.25, 0.3) is 10.0 Å². The Balaban J connectivity index is 2.27. The molecular formula is C12H13N3O3S. The van der Waals surface area contributed by atoms with Crippen LogP contribution in [0.4, 0.5) is 5.69 Å². The van der Waals surface area contributed by atoms with Gasteiger partial charge in [-0.3, -0.25) is 9.52 Å². The summed E-state index contributed by atoms with van der Waals surface area (Å²) in [5.41, 5.74) is 0.866. The van der Waals surface area contributed by atoms with Crippen LogP contribution in [0.25, 0.3) is 0 Å². The van der Waals surface area contributed by atoms with Crippen LogP contribution in [0.1, 0.15) is 16.2 Å². The number of aromatic nitrogens is 2. The number of rotatable bonds is 4. The maximum Gasteiger partial charge on any atom is 0.280 e. The van der Waals surface area contributed by atoms with Crippen LogP contribution in [0.3, 0.4) is 0 Å². The Labute approximate surface area is 111 Å². The Morgan fingerprint density at radius 3 is 2.37 bits per heavy atom. The minimum Gasteiger partial charge on any atom is -0.337 e. The van der Waals surface area contributed by atoms with Gasteiger partial charge in [0.15, 0.2) is 5.03 Å². The zero-order chi connectivity index (χ0) is 14.0. The summed E-state index contributed by atoms with van der Waals surface area (Å²) in [5.74, 6) is 0.608. The molecular weight excluding hydrogens is 266 g/mol. The molecule has 0 saturated carbocycles. The number of carbonyl (C=O) groups excluding carboxylic acids is 1. The number of sulfonamides is 1. The maximum absolute atomic E-state index is 12.1. The Kier molecular flexibility index (Phi) is 3.39. The number of imidazole rings is 1. The molecule has 0 saturated heterocycles. The summed E-state index contributed by atoms with van der Waals surface area (Å²) in [6.07, 6.45) is 2.14. The number of nitrogens with zero attached hydrogens (tertiary/aromatic N) is 2. The average molecular weight is 279 g/mol. The Morgan fingerprint density at radius 2 is 1.89 bits per heavy atom. The average Bonchev–Trinajstić information content (AvgIpc) is 2.71. The zero-order valence-electron chi connectivity index (χ0n) is 10.5. The Hall–Kier alpha value is -2.15. The van der Waals surface area contributed by atoms with Gasteiger partial charge in [-0.05, 0) is 31.2 Å². The standard InChI is InChI=1S/C12H13N3O3S/c1-9-13-12(7-15(9)2)19(17,18)14-11-5-3-10(8-16)4-6-11/h3-8,14H,1-2H3. The number of carbonyl (C=O) groups is 1. The predicted octanol–water partition coefficient (Wildman–Crippen LogP) is 1.34. The maximum atomic E-state index is 12.1. The van der Waals surface area contributed by atoms with E-state index in [0.717, 1.165) is 0 Å². The predicted molar refractivity (Wildman–Crippen MR) is 70.6 cm³/mol.